The summed E-state index contributed by atoms with van der Waals surface area (Å²) in [4.78, 5) is 0. The van der Waals surface area contributed by atoms with Gasteiger partial charge in [0.1, 0.15) is 0 Å². The van der Waals surface area contributed by atoms with Crippen molar-refractivity contribution in [1.29, 1.82) is 0 Å². The highest BCUT2D eigenvalue weighted by Gasteiger charge is 2.36. The van der Waals surface area contributed by atoms with Crippen LogP contribution in [0.2, 0.25) is 4.34 Å². The number of hydrogen-bond donors (Lipinski definition) is 1. The van der Waals surface area contributed by atoms with Crippen LogP contribution in [0.15, 0.2) is 11.4 Å². The molecule has 1 aromatic rings. The first-order valence-electron chi connectivity index (χ1n) is 4.58. The second-order valence-electron chi connectivity index (χ2n) is 3.95. The van der Waals surface area contributed by atoms with Gasteiger partial charge in [-0.1, -0.05) is 18.0 Å². The molecule has 0 amide bonds. The van der Waals surface area contributed by atoms with Crippen molar-refractivity contribution >= 4 is 22.9 Å². The first-order chi connectivity index (χ1) is 6.24. The van der Waals surface area contributed by atoms with Gasteiger partial charge in [-0.05, 0) is 41.7 Å². The zero-order chi connectivity index (χ0) is 9.31. The highest BCUT2D eigenvalue weighted by molar-refractivity contribution is 7.14. The summed E-state index contributed by atoms with van der Waals surface area (Å²) >= 11 is 7.42. The SMILES string of the molecule is OCC1(Cc2csc(Cl)c2)CCC1. The minimum atomic E-state index is 0.185. The molecule has 0 spiro atoms. The smallest absolute Gasteiger partial charge is 0.0931 e. The molecule has 1 aromatic heterocycles. The van der Waals surface area contributed by atoms with E-state index in [1.54, 1.807) is 11.3 Å². The molecule has 3 heteroatoms. The molecule has 1 N–H and O–H groups in total. The Morgan fingerprint density at radius 3 is 2.69 bits per heavy atom. The Labute approximate surface area is 87.4 Å². The monoisotopic (exact) mass is 216 g/mol. The lowest BCUT2D eigenvalue weighted by atomic mass is 9.66. The molecule has 72 valence electrons. The van der Waals surface area contributed by atoms with Crippen molar-refractivity contribution in [1.82, 2.24) is 0 Å². The summed E-state index contributed by atoms with van der Waals surface area (Å²) in [5.74, 6) is 0. The van der Waals surface area contributed by atoms with Gasteiger partial charge in [-0.15, -0.1) is 11.3 Å². The summed E-state index contributed by atoms with van der Waals surface area (Å²) in [6.07, 6.45) is 4.58. The van der Waals surface area contributed by atoms with Crippen molar-refractivity contribution in [3.05, 3.63) is 21.3 Å². The van der Waals surface area contributed by atoms with Crippen molar-refractivity contribution < 1.29 is 5.11 Å². The molecule has 1 aliphatic rings. The van der Waals surface area contributed by atoms with Crippen molar-refractivity contribution in [3.63, 3.8) is 0 Å². The molecule has 1 heterocycles. The molecule has 2 rings (SSSR count). The fourth-order valence-corrected chi connectivity index (χ4v) is 2.85. The van der Waals surface area contributed by atoms with E-state index >= 15 is 0 Å². The summed E-state index contributed by atoms with van der Waals surface area (Å²) in [7, 11) is 0. The van der Waals surface area contributed by atoms with E-state index in [0.29, 0.717) is 6.61 Å². The Balaban J connectivity index is 2.04. The van der Waals surface area contributed by atoms with Gasteiger partial charge in [-0.2, -0.15) is 0 Å². The predicted octanol–water partition coefficient (Wildman–Crippen LogP) is 3.11. The molecule has 1 aliphatic carbocycles. The van der Waals surface area contributed by atoms with Crippen LogP contribution >= 0.6 is 22.9 Å². The molecule has 0 aliphatic heterocycles. The van der Waals surface area contributed by atoms with Crippen LogP contribution in [0.5, 0.6) is 0 Å². The average Bonchev–Trinajstić information content (AvgIpc) is 2.44. The first-order valence-corrected chi connectivity index (χ1v) is 5.84. The topological polar surface area (TPSA) is 20.2 Å². The van der Waals surface area contributed by atoms with Gasteiger partial charge in [0, 0.05) is 6.61 Å². The van der Waals surface area contributed by atoms with Gasteiger partial charge < -0.3 is 5.11 Å². The summed E-state index contributed by atoms with van der Waals surface area (Å²) in [6, 6.07) is 2.02. The third-order valence-electron chi connectivity index (χ3n) is 2.95. The maximum absolute atomic E-state index is 9.28. The maximum atomic E-state index is 9.28. The second-order valence-corrected chi connectivity index (χ2v) is 5.49. The van der Waals surface area contributed by atoms with E-state index in [1.807, 2.05) is 6.07 Å². The van der Waals surface area contributed by atoms with Gasteiger partial charge >= 0.3 is 0 Å². The molecule has 13 heavy (non-hydrogen) atoms. The van der Waals surface area contributed by atoms with E-state index in [1.165, 1.54) is 12.0 Å². The second kappa shape index (κ2) is 3.60. The molecule has 0 aromatic carbocycles. The highest BCUT2D eigenvalue weighted by atomic mass is 35.5. The third-order valence-corrected chi connectivity index (χ3v) is 4.09. The maximum Gasteiger partial charge on any atom is 0.0931 e. The van der Waals surface area contributed by atoms with Crippen molar-refractivity contribution in [3.8, 4) is 0 Å². The van der Waals surface area contributed by atoms with E-state index in [-0.39, 0.29) is 5.41 Å². The number of aliphatic hydroxyl groups is 1. The normalized spacial score (nSPS) is 19.8. The molecule has 0 bridgehead atoms. The molecule has 0 unspecified atom stereocenters. The number of aliphatic hydroxyl groups excluding tert-OH is 1. The highest BCUT2D eigenvalue weighted by Crippen LogP contribution is 2.43. The van der Waals surface area contributed by atoms with Crippen LogP contribution in [0.25, 0.3) is 0 Å². The minimum Gasteiger partial charge on any atom is -0.396 e. The van der Waals surface area contributed by atoms with Crippen LogP contribution in [0.4, 0.5) is 0 Å². The Kier molecular flexibility index (Phi) is 2.63. The molecule has 1 nitrogen and oxygen atoms in total. The van der Waals surface area contributed by atoms with Crippen LogP contribution in [-0.2, 0) is 6.42 Å². The molecule has 0 saturated heterocycles. The Bertz CT molecular complexity index is 285. The number of rotatable bonds is 3. The Morgan fingerprint density at radius 2 is 2.31 bits per heavy atom. The zero-order valence-electron chi connectivity index (χ0n) is 7.42. The zero-order valence-corrected chi connectivity index (χ0v) is 9.00. The molecular weight excluding hydrogens is 204 g/mol. The van der Waals surface area contributed by atoms with E-state index in [2.05, 4.69) is 5.38 Å². The average molecular weight is 217 g/mol. The van der Waals surface area contributed by atoms with Crippen molar-refractivity contribution in [2.45, 2.75) is 25.7 Å². The first kappa shape index (κ1) is 9.50. The lowest BCUT2D eigenvalue weighted by Crippen LogP contribution is -2.35. The fraction of sp³-hybridized carbons (Fsp3) is 0.600. The van der Waals surface area contributed by atoms with Gasteiger partial charge in [-0.3, -0.25) is 0 Å². The van der Waals surface area contributed by atoms with E-state index in [9.17, 15) is 5.11 Å². The summed E-state index contributed by atoms with van der Waals surface area (Å²) in [6.45, 7) is 0.320. The number of hydrogen-bond acceptors (Lipinski definition) is 2. The quantitative estimate of drug-likeness (QED) is 0.823. The standard InChI is InChI=1S/C10H13ClOS/c11-9-4-8(6-13-9)5-10(7-12)2-1-3-10/h4,6,12H,1-3,5,7H2. The van der Waals surface area contributed by atoms with Crippen LogP contribution in [0.3, 0.4) is 0 Å². The van der Waals surface area contributed by atoms with Crippen LogP contribution in [0.1, 0.15) is 24.8 Å². The van der Waals surface area contributed by atoms with E-state index in [4.69, 9.17) is 11.6 Å². The number of thiophene rings is 1. The summed E-state index contributed by atoms with van der Waals surface area (Å²) in [5, 5.41) is 11.4. The van der Waals surface area contributed by atoms with Gasteiger partial charge in [0.2, 0.25) is 0 Å². The fourth-order valence-electron chi connectivity index (χ4n) is 1.94. The predicted molar refractivity (Wildman–Crippen MR) is 56.4 cm³/mol. The molecule has 0 atom stereocenters. The van der Waals surface area contributed by atoms with Gasteiger partial charge in [0.15, 0.2) is 0 Å². The molecule has 0 radical (unpaired) electrons. The molecule has 1 saturated carbocycles. The number of halogens is 1. The van der Waals surface area contributed by atoms with E-state index in [0.717, 1.165) is 23.6 Å². The van der Waals surface area contributed by atoms with Gasteiger partial charge in [0.25, 0.3) is 0 Å². The molecular formula is C10H13ClOS. The largest absolute Gasteiger partial charge is 0.396 e. The van der Waals surface area contributed by atoms with Crippen LogP contribution < -0.4 is 0 Å². The van der Waals surface area contributed by atoms with Gasteiger partial charge in [-0.25, -0.2) is 0 Å². The Hall–Kier alpha value is -0.0500. The Morgan fingerprint density at radius 1 is 1.54 bits per heavy atom. The lowest BCUT2D eigenvalue weighted by molar-refractivity contribution is 0.0451. The van der Waals surface area contributed by atoms with Gasteiger partial charge in [0.05, 0.1) is 4.34 Å². The molecule has 1 fully saturated rings. The van der Waals surface area contributed by atoms with Crippen LogP contribution in [-0.4, -0.2) is 11.7 Å². The van der Waals surface area contributed by atoms with Crippen molar-refractivity contribution in [2.75, 3.05) is 6.61 Å². The third kappa shape index (κ3) is 1.90. The lowest BCUT2D eigenvalue weighted by Gasteiger charge is -2.40. The summed E-state index contributed by atoms with van der Waals surface area (Å²) < 4.78 is 0.849. The minimum absolute atomic E-state index is 0.185. The van der Waals surface area contributed by atoms with Crippen LogP contribution in [0, 0.1) is 5.41 Å². The van der Waals surface area contributed by atoms with Crippen molar-refractivity contribution in [2.24, 2.45) is 5.41 Å². The summed E-state index contributed by atoms with van der Waals surface area (Å²) in [5.41, 5.74) is 1.47. The van der Waals surface area contributed by atoms with E-state index < -0.39 is 0 Å².